The Labute approximate surface area is 191 Å². The summed E-state index contributed by atoms with van der Waals surface area (Å²) >= 11 is 5.84. The predicted octanol–water partition coefficient (Wildman–Crippen LogP) is 3.25. The number of methoxy groups -OCH3 is 1. The van der Waals surface area contributed by atoms with Crippen molar-refractivity contribution in [3.05, 3.63) is 97.3 Å². The van der Waals surface area contributed by atoms with Gasteiger partial charge in [0.25, 0.3) is 11.5 Å². The molecule has 1 N–H and O–H groups in total. The Bertz CT molecular complexity index is 1270. The summed E-state index contributed by atoms with van der Waals surface area (Å²) in [7, 11) is 1.40. The lowest BCUT2D eigenvalue weighted by atomic mass is 10.2. The molecule has 0 aliphatic carbocycles. The van der Waals surface area contributed by atoms with Gasteiger partial charge in [-0.25, -0.2) is 9.36 Å². The first-order valence-electron chi connectivity index (χ1n) is 9.67. The van der Waals surface area contributed by atoms with Gasteiger partial charge in [0.05, 0.1) is 24.4 Å². The lowest BCUT2D eigenvalue weighted by Crippen LogP contribution is -2.43. The molecule has 1 amide bonds. The standard InChI is InChI=1S/C22H19ClF3N3O4/c1-33-10-9-28-13-18(19(30)27-12-14-5-7-16(23)8-6-14)20(31)29(21(28)32)17-4-2-3-15(11-17)22(24,25)26/h2-8,11,13H,9-10,12H2,1H3,(H,27,30). The van der Waals surface area contributed by atoms with E-state index in [0.29, 0.717) is 21.2 Å². The zero-order chi connectivity index (χ0) is 24.2. The molecule has 0 aliphatic rings. The van der Waals surface area contributed by atoms with Crippen molar-refractivity contribution in [3.8, 4) is 5.69 Å². The van der Waals surface area contributed by atoms with Crippen LogP contribution in [0.3, 0.4) is 0 Å². The molecule has 0 atom stereocenters. The van der Waals surface area contributed by atoms with Crippen LogP contribution in [-0.4, -0.2) is 28.8 Å². The molecule has 33 heavy (non-hydrogen) atoms. The lowest BCUT2D eigenvalue weighted by molar-refractivity contribution is -0.137. The number of carbonyl (C=O) groups excluding carboxylic acids is 1. The topological polar surface area (TPSA) is 82.3 Å². The summed E-state index contributed by atoms with van der Waals surface area (Å²) in [6.45, 7) is 0.120. The second-order valence-electron chi connectivity index (χ2n) is 7.01. The van der Waals surface area contributed by atoms with E-state index in [9.17, 15) is 27.6 Å². The van der Waals surface area contributed by atoms with Gasteiger partial charge >= 0.3 is 11.9 Å². The fourth-order valence-electron chi connectivity index (χ4n) is 3.04. The van der Waals surface area contributed by atoms with Gasteiger partial charge < -0.3 is 10.1 Å². The molecule has 0 fully saturated rings. The first-order valence-corrected chi connectivity index (χ1v) is 10.1. The van der Waals surface area contributed by atoms with Crippen molar-refractivity contribution in [3.63, 3.8) is 0 Å². The largest absolute Gasteiger partial charge is 0.416 e. The highest BCUT2D eigenvalue weighted by molar-refractivity contribution is 6.30. The zero-order valence-corrected chi connectivity index (χ0v) is 18.1. The Morgan fingerprint density at radius 2 is 1.82 bits per heavy atom. The number of halogens is 4. The average molecular weight is 482 g/mol. The Kier molecular flexibility index (Phi) is 7.39. The second-order valence-corrected chi connectivity index (χ2v) is 7.45. The van der Waals surface area contributed by atoms with Crippen LogP contribution in [0.25, 0.3) is 5.69 Å². The molecule has 1 aromatic heterocycles. The van der Waals surface area contributed by atoms with Crippen LogP contribution in [0.4, 0.5) is 13.2 Å². The summed E-state index contributed by atoms with van der Waals surface area (Å²) in [6, 6.07) is 10.4. The van der Waals surface area contributed by atoms with E-state index in [1.54, 1.807) is 24.3 Å². The number of benzene rings is 2. The maximum Gasteiger partial charge on any atom is 0.416 e. The Morgan fingerprint density at radius 3 is 2.45 bits per heavy atom. The number of amides is 1. The highest BCUT2D eigenvalue weighted by atomic mass is 35.5. The average Bonchev–Trinajstić information content (AvgIpc) is 2.78. The molecule has 0 saturated heterocycles. The van der Waals surface area contributed by atoms with Crippen molar-refractivity contribution in [1.82, 2.24) is 14.5 Å². The number of carbonyl (C=O) groups is 1. The van der Waals surface area contributed by atoms with Crippen LogP contribution in [-0.2, 0) is 24.0 Å². The van der Waals surface area contributed by atoms with Crippen molar-refractivity contribution in [2.24, 2.45) is 0 Å². The van der Waals surface area contributed by atoms with Gasteiger partial charge in [-0.15, -0.1) is 0 Å². The van der Waals surface area contributed by atoms with Crippen LogP contribution in [0.2, 0.25) is 5.02 Å². The van der Waals surface area contributed by atoms with E-state index in [2.05, 4.69) is 5.32 Å². The monoisotopic (exact) mass is 481 g/mol. The molecular weight excluding hydrogens is 463 g/mol. The molecule has 1 heterocycles. The third-order valence-electron chi connectivity index (χ3n) is 4.73. The highest BCUT2D eigenvalue weighted by Crippen LogP contribution is 2.29. The molecule has 2 aromatic carbocycles. The minimum Gasteiger partial charge on any atom is -0.383 e. The molecule has 11 heteroatoms. The maximum atomic E-state index is 13.2. The third kappa shape index (κ3) is 5.71. The van der Waals surface area contributed by atoms with E-state index in [-0.39, 0.29) is 25.4 Å². The lowest BCUT2D eigenvalue weighted by Gasteiger charge is -2.14. The van der Waals surface area contributed by atoms with Gasteiger partial charge in [0, 0.05) is 24.9 Å². The summed E-state index contributed by atoms with van der Waals surface area (Å²) in [5.41, 5.74) is -2.98. The fourth-order valence-corrected chi connectivity index (χ4v) is 3.16. The summed E-state index contributed by atoms with van der Waals surface area (Å²) in [4.78, 5) is 38.7. The van der Waals surface area contributed by atoms with Crippen LogP contribution in [0, 0.1) is 0 Å². The zero-order valence-electron chi connectivity index (χ0n) is 17.4. The number of hydrogen-bond donors (Lipinski definition) is 1. The van der Waals surface area contributed by atoms with Crippen molar-refractivity contribution < 1.29 is 22.7 Å². The minimum absolute atomic E-state index is 0.0218. The van der Waals surface area contributed by atoms with Gasteiger partial charge in [-0.1, -0.05) is 29.8 Å². The van der Waals surface area contributed by atoms with Gasteiger partial charge in [-0.3, -0.25) is 14.2 Å². The summed E-state index contributed by atoms with van der Waals surface area (Å²) < 4.78 is 46.0. The summed E-state index contributed by atoms with van der Waals surface area (Å²) in [6.07, 6.45) is -3.60. The first-order chi connectivity index (χ1) is 15.6. The molecule has 3 aromatic rings. The number of nitrogens with zero attached hydrogens (tertiary/aromatic N) is 2. The van der Waals surface area contributed by atoms with Gasteiger partial charge in [-0.2, -0.15) is 13.2 Å². The van der Waals surface area contributed by atoms with Crippen LogP contribution >= 0.6 is 11.6 Å². The summed E-state index contributed by atoms with van der Waals surface area (Å²) in [5, 5.41) is 3.08. The van der Waals surface area contributed by atoms with E-state index in [4.69, 9.17) is 16.3 Å². The number of ether oxygens (including phenoxy) is 1. The van der Waals surface area contributed by atoms with Crippen LogP contribution < -0.4 is 16.6 Å². The Hall–Kier alpha value is -3.37. The van der Waals surface area contributed by atoms with Gasteiger partial charge in [0.15, 0.2) is 0 Å². The van der Waals surface area contributed by atoms with Crippen molar-refractivity contribution in [2.75, 3.05) is 13.7 Å². The van der Waals surface area contributed by atoms with E-state index >= 15 is 0 Å². The molecule has 3 rings (SSSR count). The molecule has 174 valence electrons. The molecule has 0 bridgehead atoms. The Balaban J connectivity index is 2.06. The van der Waals surface area contributed by atoms with Crippen LogP contribution in [0.5, 0.6) is 0 Å². The highest BCUT2D eigenvalue weighted by Gasteiger charge is 2.31. The van der Waals surface area contributed by atoms with Gasteiger partial charge in [0.1, 0.15) is 5.56 Å². The van der Waals surface area contributed by atoms with E-state index in [0.717, 1.165) is 22.9 Å². The third-order valence-corrected chi connectivity index (χ3v) is 4.99. The first kappa shape index (κ1) is 24.3. The van der Waals surface area contributed by atoms with Crippen LogP contribution in [0.1, 0.15) is 21.5 Å². The van der Waals surface area contributed by atoms with Crippen molar-refractivity contribution in [2.45, 2.75) is 19.3 Å². The maximum absolute atomic E-state index is 13.2. The molecule has 0 spiro atoms. The quantitative estimate of drug-likeness (QED) is 0.561. The van der Waals surface area contributed by atoms with Gasteiger partial charge in [0.2, 0.25) is 0 Å². The fraction of sp³-hybridized carbons (Fsp3) is 0.227. The molecule has 0 saturated carbocycles. The molecule has 0 radical (unpaired) electrons. The summed E-state index contributed by atoms with van der Waals surface area (Å²) in [5.74, 6) is -0.790. The Morgan fingerprint density at radius 1 is 1.12 bits per heavy atom. The number of alkyl halides is 3. The van der Waals surface area contributed by atoms with Crippen LogP contribution in [0.15, 0.2) is 64.3 Å². The normalized spacial score (nSPS) is 11.4. The number of rotatable bonds is 7. The minimum atomic E-state index is -4.68. The van der Waals surface area contributed by atoms with E-state index in [1.807, 2.05) is 0 Å². The van der Waals surface area contributed by atoms with E-state index < -0.39 is 34.5 Å². The second kappa shape index (κ2) is 10.1. The smallest absolute Gasteiger partial charge is 0.383 e. The molecular formula is C22H19ClF3N3O4. The van der Waals surface area contributed by atoms with Gasteiger partial charge in [-0.05, 0) is 35.9 Å². The number of hydrogen-bond acceptors (Lipinski definition) is 4. The molecule has 0 unspecified atom stereocenters. The van der Waals surface area contributed by atoms with Crippen molar-refractivity contribution in [1.29, 1.82) is 0 Å². The number of nitrogens with one attached hydrogen (secondary N) is 1. The molecule has 0 aliphatic heterocycles. The number of aromatic nitrogens is 2. The SMILES string of the molecule is COCCn1cc(C(=O)NCc2ccc(Cl)cc2)c(=O)n(-c2cccc(C(F)(F)F)c2)c1=O. The van der Waals surface area contributed by atoms with Crippen molar-refractivity contribution >= 4 is 17.5 Å². The molecule has 7 nitrogen and oxygen atoms in total. The van der Waals surface area contributed by atoms with E-state index in [1.165, 1.54) is 13.2 Å². The predicted molar refractivity (Wildman–Crippen MR) is 116 cm³/mol.